The first kappa shape index (κ1) is 22.5. The summed E-state index contributed by atoms with van der Waals surface area (Å²) in [6.07, 6.45) is 1.79. The van der Waals surface area contributed by atoms with Gasteiger partial charge in [0.1, 0.15) is 0 Å². The molecule has 2 heterocycles. The third-order valence-corrected chi connectivity index (χ3v) is 6.31. The molecule has 7 nitrogen and oxygen atoms in total. The number of ether oxygens (including phenoxy) is 3. The number of fused-ring (bicyclic) bond motifs is 1. The molecule has 1 atom stereocenters. The first-order valence-corrected chi connectivity index (χ1v) is 11.3. The van der Waals surface area contributed by atoms with Gasteiger partial charge in [0.2, 0.25) is 0 Å². The summed E-state index contributed by atoms with van der Waals surface area (Å²) >= 11 is 1.28. The third-order valence-electron chi connectivity index (χ3n) is 5.33. The molecule has 1 aliphatic rings. The van der Waals surface area contributed by atoms with Crippen LogP contribution in [-0.4, -0.2) is 31.4 Å². The predicted octanol–water partition coefficient (Wildman–Crippen LogP) is 2.82. The van der Waals surface area contributed by atoms with Gasteiger partial charge < -0.3 is 14.2 Å². The topological polar surface area (TPSA) is 79.1 Å². The highest BCUT2D eigenvalue weighted by Crippen LogP contribution is 2.31. The molecule has 8 heteroatoms. The van der Waals surface area contributed by atoms with Crippen molar-refractivity contribution in [1.29, 1.82) is 0 Å². The molecule has 3 aromatic rings. The average molecular weight is 465 g/mol. The Bertz CT molecular complexity index is 1400. The van der Waals surface area contributed by atoms with E-state index in [0.717, 1.165) is 11.1 Å². The highest BCUT2D eigenvalue weighted by atomic mass is 32.1. The predicted molar refractivity (Wildman–Crippen MR) is 126 cm³/mol. The van der Waals surface area contributed by atoms with E-state index in [1.165, 1.54) is 18.4 Å². The minimum absolute atomic E-state index is 0.227. The third kappa shape index (κ3) is 4.21. The molecule has 0 N–H and O–H groups in total. The Morgan fingerprint density at radius 3 is 2.58 bits per heavy atom. The Kier molecular flexibility index (Phi) is 6.46. The number of hydrogen-bond donors (Lipinski definition) is 0. The standard InChI is InChI=1S/C25H24N2O5S/c1-5-32-18-12-11-16(13-19(18)30-3)14-20-23(28)27-22(17-9-7-6-8-10-17)21(24(29)31-4)15(2)26-25(27)33-20/h6-14,22H,5H2,1-4H3/b20-14-. The number of hydrogen-bond acceptors (Lipinski definition) is 7. The SMILES string of the molecule is CCOc1ccc(/C=c2\sc3n(c2=O)C(c2ccccc2)C(C(=O)OC)=C(C)N=3)cc1OC. The summed E-state index contributed by atoms with van der Waals surface area (Å²) in [5.41, 5.74) is 2.26. The van der Waals surface area contributed by atoms with Crippen LogP contribution in [-0.2, 0) is 9.53 Å². The first-order chi connectivity index (χ1) is 16.0. The average Bonchev–Trinajstić information content (AvgIpc) is 3.13. The molecule has 0 bridgehead atoms. The van der Waals surface area contributed by atoms with E-state index >= 15 is 0 Å². The van der Waals surface area contributed by atoms with Crippen molar-refractivity contribution in [3.05, 3.63) is 90.6 Å². The molecular formula is C25H24N2O5S. The van der Waals surface area contributed by atoms with Crippen molar-refractivity contribution in [3.63, 3.8) is 0 Å². The van der Waals surface area contributed by atoms with E-state index in [-0.39, 0.29) is 5.56 Å². The molecule has 4 rings (SSSR count). The van der Waals surface area contributed by atoms with Crippen LogP contribution in [0.15, 0.2) is 69.6 Å². The van der Waals surface area contributed by atoms with Gasteiger partial charge in [-0.3, -0.25) is 9.36 Å². The number of esters is 1. The van der Waals surface area contributed by atoms with Crippen LogP contribution in [0.2, 0.25) is 0 Å². The lowest BCUT2D eigenvalue weighted by Gasteiger charge is -2.24. The van der Waals surface area contributed by atoms with Crippen LogP contribution in [0.5, 0.6) is 11.5 Å². The molecule has 2 aromatic carbocycles. The second-order valence-electron chi connectivity index (χ2n) is 7.33. The summed E-state index contributed by atoms with van der Waals surface area (Å²) in [6, 6.07) is 14.3. The van der Waals surface area contributed by atoms with Crippen molar-refractivity contribution in [2.45, 2.75) is 19.9 Å². The number of nitrogens with zero attached hydrogens (tertiary/aromatic N) is 2. The molecule has 33 heavy (non-hydrogen) atoms. The smallest absolute Gasteiger partial charge is 0.338 e. The van der Waals surface area contributed by atoms with Crippen molar-refractivity contribution in [2.75, 3.05) is 20.8 Å². The van der Waals surface area contributed by atoms with Crippen molar-refractivity contribution in [1.82, 2.24) is 4.57 Å². The molecular weight excluding hydrogens is 440 g/mol. The maximum atomic E-state index is 13.5. The Balaban J connectivity index is 1.90. The molecule has 0 aliphatic carbocycles. The lowest BCUT2D eigenvalue weighted by atomic mass is 9.96. The van der Waals surface area contributed by atoms with Gasteiger partial charge in [-0.15, -0.1) is 0 Å². The number of thiazole rings is 1. The Morgan fingerprint density at radius 1 is 1.15 bits per heavy atom. The second kappa shape index (κ2) is 9.46. The molecule has 0 radical (unpaired) electrons. The maximum Gasteiger partial charge on any atom is 0.338 e. The van der Waals surface area contributed by atoms with E-state index in [2.05, 4.69) is 4.99 Å². The van der Waals surface area contributed by atoms with Crippen LogP contribution in [0.1, 0.15) is 31.0 Å². The maximum absolute atomic E-state index is 13.5. The molecule has 1 unspecified atom stereocenters. The fourth-order valence-electron chi connectivity index (χ4n) is 3.84. The minimum atomic E-state index is -0.619. The van der Waals surface area contributed by atoms with Crippen LogP contribution in [0.4, 0.5) is 0 Å². The summed E-state index contributed by atoms with van der Waals surface area (Å²) in [5, 5.41) is 0. The minimum Gasteiger partial charge on any atom is -0.493 e. The molecule has 0 spiro atoms. The van der Waals surface area contributed by atoms with E-state index in [4.69, 9.17) is 14.2 Å². The van der Waals surface area contributed by atoms with Gasteiger partial charge in [-0.2, -0.15) is 0 Å². The van der Waals surface area contributed by atoms with E-state index in [9.17, 15) is 9.59 Å². The zero-order chi connectivity index (χ0) is 23.5. The number of benzene rings is 2. The largest absolute Gasteiger partial charge is 0.493 e. The van der Waals surface area contributed by atoms with Crippen molar-refractivity contribution in [2.24, 2.45) is 4.99 Å². The van der Waals surface area contributed by atoms with Gasteiger partial charge in [0, 0.05) is 0 Å². The highest BCUT2D eigenvalue weighted by molar-refractivity contribution is 7.07. The normalized spacial score (nSPS) is 15.6. The lowest BCUT2D eigenvalue weighted by molar-refractivity contribution is -0.136. The number of methoxy groups -OCH3 is 2. The van der Waals surface area contributed by atoms with Crippen molar-refractivity contribution >= 4 is 23.4 Å². The van der Waals surface area contributed by atoms with Gasteiger partial charge in [0.25, 0.3) is 5.56 Å². The zero-order valence-corrected chi connectivity index (χ0v) is 19.6. The molecule has 0 amide bonds. The molecule has 170 valence electrons. The lowest BCUT2D eigenvalue weighted by Crippen LogP contribution is -2.39. The fourth-order valence-corrected chi connectivity index (χ4v) is 4.89. The Labute approximate surface area is 194 Å². The number of carbonyl (C=O) groups excluding carboxylic acids is 1. The van der Waals surface area contributed by atoms with Crippen LogP contribution in [0.3, 0.4) is 0 Å². The van der Waals surface area contributed by atoms with E-state index in [0.29, 0.717) is 38.7 Å². The Morgan fingerprint density at radius 2 is 1.91 bits per heavy atom. The van der Waals surface area contributed by atoms with Gasteiger partial charge >= 0.3 is 5.97 Å². The van der Waals surface area contributed by atoms with Gasteiger partial charge in [-0.25, -0.2) is 9.79 Å². The molecule has 1 aliphatic heterocycles. The highest BCUT2D eigenvalue weighted by Gasteiger charge is 2.32. The van der Waals surface area contributed by atoms with Crippen LogP contribution < -0.4 is 24.4 Å². The van der Waals surface area contributed by atoms with E-state index < -0.39 is 12.0 Å². The molecule has 1 aromatic heterocycles. The first-order valence-electron chi connectivity index (χ1n) is 10.4. The number of allylic oxidation sites excluding steroid dienone is 1. The fraction of sp³-hybridized carbons (Fsp3) is 0.240. The summed E-state index contributed by atoms with van der Waals surface area (Å²) in [6.45, 7) is 4.19. The number of aromatic nitrogens is 1. The van der Waals surface area contributed by atoms with Gasteiger partial charge in [-0.05, 0) is 43.2 Å². The van der Waals surface area contributed by atoms with Crippen molar-refractivity contribution in [3.8, 4) is 11.5 Å². The van der Waals surface area contributed by atoms with Crippen molar-refractivity contribution < 1.29 is 19.0 Å². The monoisotopic (exact) mass is 464 g/mol. The second-order valence-corrected chi connectivity index (χ2v) is 8.34. The van der Waals surface area contributed by atoms with Crippen LogP contribution >= 0.6 is 11.3 Å². The van der Waals surface area contributed by atoms with E-state index in [1.54, 1.807) is 24.7 Å². The summed E-state index contributed by atoms with van der Waals surface area (Å²) in [4.78, 5) is 31.3. The van der Waals surface area contributed by atoms with Gasteiger partial charge in [0.05, 0.1) is 42.7 Å². The molecule has 0 fully saturated rings. The molecule has 0 saturated heterocycles. The van der Waals surface area contributed by atoms with Crippen LogP contribution in [0.25, 0.3) is 6.08 Å². The summed E-state index contributed by atoms with van der Waals surface area (Å²) in [7, 11) is 2.90. The number of rotatable bonds is 6. The van der Waals surface area contributed by atoms with E-state index in [1.807, 2.05) is 55.5 Å². The van der Waals surface area contributed by atoms with Crippen LogP contribution in [0, 0.1) is 0 Å². The summed E-state index contributed by atoms with van der Waals surface area (Å²) in [5.74, 6) is 0.723. The quantitative estimate of drug-likeness (QED) is 0.524. The number of carbonyl (C=O) groups is 1. The summed E-state index contributed by atoms with van der Waals surface area (Å²) < 4.78 is 18.1. The van der Waals surface area contributed by atoms with Gasteiger partial charge in [0.15, 0.2) is 16.3 Å². The molecule has 0 saturated carbocycles. The zero-order valence-electron chi connectivity index (χ0n) is 18.8. The van der Waals surface area contributed by atoms with Gasteiger partial charge in [-0.1, -0.05) is 47.7 Å². The Hall–Kier alpha value is -3.65.